The molecule has 1 fully saturated rings. The summed E-state index contributed by atoms with van der Waals surface area (Å²) in [6.45, 7) is 3.26. The molecule has 2 rings (SSSR count). The molecule has 1 saturated heterocycles. The van der Waals surface area contributed by atoms with E-state index in [4.69, 9.17) is 15.7 Å². The number of anilines is 1. The summed E-state index contributed by atoms with van der Waals surface area (Å²) in [5, 5.41) is 11.9. The third kappa shape index (κ3) is 2.68. The maximum Gasteiger partial charge on any atom is 0.172 e. The van der Waals surface area contributed by atoms with Crippen molar-refractivity contribution in [1.82, 2.24) is 0 Å². The van der Waals surface area contributed by atoms with Crippen LogP contribution < -0.4 is 10.6 Å². The molecule has 0 bridgehead atoms. The second-order valence-corrected chi connectivity index (χ2v) is 3.96. The molecule has 17 heavy (non-hydrogen) atoms. The summed E-state index contributed by atoms with van der Waals surface area (Å²) in [5.74, 6) is 0.144. The average molecular weight is 235 g/mol. The van der Waals surface area contributed by atoms with E-state index in [0.717, 1.165) is 37.4 Å². The van der Waals surface area contributed by atoms with Gasteiger partial charge in [0.25, 0.3) is 0 Å². The van der Waals surface area contributed by atoms with E-state index in [1.165, 1.54) is 0 Å². The average Bonchev–Trinajstić information content (AvgIpc) is 2.66. The van der Waals surface area contributed by atoms with Gasteiger partial charge in [0.05, 0.1) is 6.61 Å². The molecule has 1 aromatic rings. The van der Waals surface area contributed by atoms with Gasteiger partial charge in [-0.1, -0.05) is 17.3 Å². The molecule has 0 aromatic heterocycles. The van der Waals surface area contributed by atoms with Gasteiger partial charge < -0.3 is 20.6 Å². The number of amidine groups is 1. The fraction of sp³-hybridized carbons (Fsp3) is 0.417. The molecule has 1 aromatic carbocycles. The van der Waals surface area contributed by atoms with Gasteiger partial charge in [0.15, 0.2) is 5.84 Å². The van der Waals surface area contributed by atoms with Crippen LogP contribution in [-0.4, -0.2) is 37.3 Å². The molecule has 0 atom stereocenters. The van der Waals surface area contributed by atoms with Crippen LogP contribution in [0.5, 0.6) is 0 Å². The van der Waals surface area contributed by atoms with Gasteiger partial charge in [0.2, 0.25) is 0 Å². The molecule has 0 saturated carbocycles. The minimum absolute atomic E-state index is 0.144. The highest BCUT2D eigenvalue weighted by molar-refractivity contribution is 6.02. The minimum Gasteiger partial charge on any atom is -0.409 e. The van der Waals surface area contributed by atoms with E-state index in [1.807, 2.05) is 24.3 Å². The number of rotatable bonds is 2. The van der Waals surface area contributed by atoms with Crippen molar-refractivity contribution in [3.05, 3.63) is 29.8 Å². The summed E-state index contributed by atoms with van der Waals surface area (Å²) in [6, 6.07) is 7.68. The Bertz CT molecular complexity index is 398. The van der Waals surface area contributed by atoms with Gasteiger partial charge in [-0.3, -0.25) is 0 Å². The predicted octanol–water partition coefficient (Wildman–Crippen LogP) is 1.01. The highest BCUT2D eigenvalue weighted by Gasteiger charge is 2.15. The van der Waals surface area contributed by atoms with E-state index >= 15 is 0 Å². The van der Waals surface area contributed by atoms with Crippen molar-refractivity contribution in [2.24, 2.45) is 10.9 Å². The molecular formula is C12H17N3O2. The normalized spacial score (nSPS) is 17.9. The maximum absolute atomic E-state index is 8.79. The molecule has 0 aliphatic carbocycles. The quantitative estimate of drug-likeness (QED) is 0.347. The Morgan fingerprint density at radius 1 is 1.29 bits per heavy atom. The summed E-state index contributed by atoms with van der Waals surface area (Å²) >= 11 is 0. The van der Waals surface area contributed by atoms with Gasteiger partial charge in [-0.25, -0.2) is 0 Å². The zero-order valence-corrected chi connectivity index (χ0v) is 9.67. The van der Waals surface area contributed by atoms with Gasteiger partial charge in [-0.05, 0) is 18.6 Å². The third-order valence-electron chi connectivity index (χ3n) is 2.85. The van der Waals surface area contributed by atoms with Crippen molar-refractivity contribution in [2.45, 2.75) is 6.42 Å². The summed E-state index contributed by atoms with van der Waals surface area (Å²) in [4.78, 5) is 2.21. The Morgan fingerprint density at radius 3 is 2.94 bits per heavy atom. The summed E-state index contributed by atoms with van der Waals surface area (Å²) in [7, 11) is 0. The van der Waals surface area contributed by atoms with Crippen LogP contribution in [0.15, 0.2) is 29.4 Å². The monoisotopic (exact) mass is 235 g/mol. The maximum atomic E-state index is 8.79. The Morgan fingerprint density at radius 2 is 2.12 bits per heavy atom. The lowest BCUT2D eigenvalue weighted by molar-refractivity contribution is 0.152. The van der Waals surface area contributed by atoms with Crippen LogP contribution in [-0.2, 0) is 4.74 Å². The van der Waals surface area contributed by atoms with Crippen LogP contribution in [0, 0.1) is 0 Å². The first-order valence-electron chi connectivity index (χ1n) is 5.72. The molecule has 0 unspecified atom stereocenters. The lowest BCUT2D eigenvalue weighted by Crippen LogP contribution is -2.29. The zero-order chi connectivity index (χ0) is 12.1. The predicted molar refractivity (Wildman–Crippen MR) is 66.6 cm³/mol. The number of nitrogens with zero attached hydrogens (tertiary/aromatic N) is 2. The fourth-order valence-electron chi connectivity index (χ4n) is 2.01. The number of benzene rings is 1. The van der Waals surface area contributed by atoms with Crippen molar-refractivity contribution in [3.63, 3.8) is 0 Å². The number of hydrogen-bond acceptors (Lipinski definition) is 4. The van der Waals surface area contributed by atoms with E-state index < -0.39 is 0 Å². The van der Waals surface area contributed by atoms with Gasteiger partial charge in [-0.15, -0.1) is 0 Å². The Hall–Kier alpha value is -1.75. The topological polar surface area (TPSA) is 71.1 Å². The number of ether oxygens (including phenoxy) is 1. The zero-order valence-electron chi connectivity index (χ0n) is 9.67. The lowest BCUT2D eigenvalue weighted by atomic mass is 10.1. The Labute approximate surface area is 100 Å². The summed E-state index contributed by atoms with van der Waals surface area (Å²) < 4.78 is 5.42. The second-order valence-electron chi connectivity index (χ2n) is 3.96. The van der Waals surface area contributed by atoms with Crippen LogP contribution in [0.3, 0.4) is 0 Å². The van der Waals surface area contributed by atoms with Crippen LogP contribution in [0.2, 0.25) is 0 Å². The molecule has 5 nitrogen and oxygen atoms in total. The first-order chi connectivity index (χ1) is 8.33. The minimum atomic E-state index is 0.144. The number of hydrogen-bond donors (Lipinski definition) is 2. The van der Waals surface area contributed by atoms with Crippen molar-refractivity contribution in [1.29, 1.82) is 0 Å². The number of para-hydroxylation sites is 1. The highest BCUT2D eigenvalue weighted by atomic mass is 16.5. The van der Waals surface area contributed by atoms with Gasteiger partial charge in [0, 0.05) is 30.9 Å². The van der Waals surface area contributed by atoms with E-state index in [9.17, 15) is 0 Å². The van der Waals surface area contributed by atoms with Crippen molar-refractivity contribution in [2.75, 3.05) is 31.2 Å². The van der Waals surface area contributed by atoms with Crippen molar-refractivity contribution >= 4 is 11.5 Å². The van der Waals surface area contributed by atoms with E-state index in [0.29, 0.717) is 6.61 Å². The fourth-order valence-corrected chi connectivity index (χ4v) is 2.01. The third-order valence-corrected chi connectivity index (χ3v) is 2.85. The number of nitrogens with two attached hydrogens (primary N) is 1. The highest BCUT2D eigenvalue weighted by Crippen LogP contribution is 2.21. The Balaban J connectivity index is 2.30. The van der Waals surface area contributed by atoms with Crippen LogP contribution in [0.4, 0.5) is 5.69 Å². The van der Waals surface area contributed by atoms with Crippen LogP contribution in [0.1, 0.15) is 12.0 Å². The molecule has 3 N–H and O–H groups in total. The standard InChI is InChI=1S/C12H17N3O2/c13-12(14-16)10-4-1-2-5-11(10)15-6-3-8-17-9-7-15/h1-2,4-5,16H,3,6-9H2,(H2,13,14). The Kier molecular flexibility index (Phi) is 3.82. The van der Waals surface area contributed by atoms with Crippen LogP contribution in [0.25, 0.3) is 0 Å². The van der Waals surface area contributed by atoms with Crippen molar-refractivity contribution < 1.29 is 9.94 Å². The largest absolute Gasteiger partial charge is 0.409 e. The van der Waals surface area contributed by atoms with Gasteiger partial charge in [-0.2, -0.15) is 0 Å². The van der Waals surface area contributed by atoms with Crippen molar-refractivity contribution in [3.8, 4) is 0 Å². The van der Waals surface area contributed by atoms with E-state index in [1.54, 1.807) is 0 Å². The van der Waals surface area contributed by atoms with Gasteiger partial charge >= 0.3 is 0 Å². The first kappa shape index (κ1) is 11.7. The van der Waals surface area contributed by atoms with Gasteiger partial charge in [0.1, 0.15) is 0 Å². The second kappa shape index (κ2) is 5.54. The van der Waals surface area contributed by atoms with E-state index in [2.05, 4.69) is 10.1 Å². The molecule has 0 amide bonds. The van der Waals surface area contributed by atoms with E-state index in [-0.39, 0.29) is 5.84 Å². The lowest BCUT2D eigenvalue weighted by Gasteiger charge is -2.24. The summed E-state index contributed by atoms with van der Waals surface area (Å²) in [5.41, 5.74) is 7.44. The number of oxime groups is 1. The summed E-state index contributed by atoms with van der Waals surface area (Å²) in [6.07, 6.45) is 0.991. The van der Waals surface area contributed by atoms with Crippen LogP contribution >= 0.6 is 0 Å². The molecule has 1 aliphatic rings. The SMILES string of the molecule is N/C(=N/O)c1ccccc1N1CCCOCC1. The molecule has 0 spiro atoms. The molecule has 1 aliphatic heterocycles. The molecular weight excluding hydrogens is 218 g/mol. The molecule has 1 heterocycles. The molecule has 5 heteroatoms. The molecule has 0 radical (unpaired) electrons. The smallest absolute Gasteiger partial charge is 0.172 e. The molecule has 92 valence electrons. The first-order valence-corrected chi connectivity index (χ1v) is 5.72.